The normalized spacial score (nSPS) is 16.7. The van der Waals surface area contributed by atoms with Crippen molar-refractivity contribution in [2.45, 2.75) is 25.7 Å². The first-order chi connectivity index (χ1) is 10.3. The van der Waals surface area contributed by atoms with E-state index in [1.807, 2.05) is 19.1 Å². The summed E-state index contributed by atoms with van der Waals surface area (Å²) in [6.07, 6.45) is 2.22. The molecular formula is C15H17N5S. The van der Waals surface area contributed by atoms with E-state index in [2.05, 4.69) is 32.2 Å². The number of aromatic nitrogens is 4. The number of fused-ring (bicyclic) bond motifs is 1. The summed E-state index contributed by atoms with van der Waals surface area (Å²) in [6.45, 7) is 4.05. The molecule has 0 amide bonds. The first-order valence-corrected chi connectivity index (χ1v) is 8.11. The summed E-state index contributed by atoms with van der Waals surface area (Å²) in [6, 6.07) is 8.23. The molecule has 1 fully saturated rings. The molecule has 3 aromatic rings. The highest BCUT2D eigenvalue weighted by Gasteiger charge is 2.24. The maximum atomic E-state index is 4.74. The highest BCUT2D eigenvalue weighted by atomic mass is 32.1. The average Bonchev–Trinajstić information content (AvgIpc) is 3.13. The van der Waals surface area contributed by atoms with Gasteiger partial charge in [-0.05, 0) is 31.9 Å². The molecule has 6 heteroatoms. The van der Waals surface area contributed by atoms with Gasteiger partial charge in [0.1, 0.15) is 10.8 Å². The van der Waals surface area contributed by atoms with Crippen molar-refractivity contribution in [3.63, 3.8) is 0 Å². The molecule has 2 aromatic heterocycles. The second-order valence-corrected chi connectivity index (χ2v) is 6.66. The number of H-pyrrole nitrogens is 1. The molecule has 1 aliphatic rings. The predicted molar refractivity (Wildman–Crippen MR) is 84.9 cm³/mol. The summed E-state index contributed by atoms with van der Waals surface area (Å²) >= 11 is 1.68. The van der Waals surface area contributed by atoms with Crippen LogP contribution in [0.4, 0.5) is 5.13 Å². The molecule has 1 N–H and O–H groups in total. The number of benzene rings is 1. The molecule has 0 bridgehead atoms. The predicted octanol–water partition coefficient (Wildman–Crippen LogP) is 3.11. The van der Waals surface area contributed by atoms with E-state index < -0.39 is 0 Å². The maximum absolute atomic E-state index is 4.74. The van der Waals surface area contributed by atoms with Crippen molar-refractivity contribution in [1.82, 2.24) is 20.2 Å². The van der Waals surface area contributed by atoms with E-state index in [-0.39, 0.29) is 0 Å². The Balaban J connectivity index is 1.49. The quantitative estimate of drug-likeness (QED) is 0.790. The van der Waals surface area contributed by atoms with E-state index in [0.29, 0.717) is 5.92 Å². The van der Waals surface area contributed by atoms with Gasteiger partial charge < -0.3 is 9.88 Å². The fourth-order valence-corrected chi connectivity index (χ4v) is 3.66. The molecule has 1 aliphatic heterocycles. The SMILES string of the molecule is Cc1nnc(N2CCC(c3nc4ccccc4[nH]3)CC2)s1. The van der Waals surface area contributed by atoms with E-state index in [1.54, 1.807) is 11.3 Å². The summed E-state index contributed by atoms with van der Waals surface area (Å²) in [5.41, 5.74) is 2.20. The van der Waals surface area contributed by atoms with Crippen LogP contribution in [-0.4, -0.2) is 33.3 Å². The number of rotatable bonds is 2. The first kappa shape index (κ1) is 12.8. The third-order valence-electron chi connectivity index (χ3n) is 4.08. The molecule has 0 atom stereocenters. The van der Waals surface area contributed by atoms with Gasteiger partial charge in [-0.25, -0.2) is 4.98 Å². The molecule has 3 heterocycles. The number of hydrogen-bond donors (Lipinski definition) is 1. The van der Waals surface area contributed by atoms with E-state index >= 15 is 0 Å². The number of hydrogen-bond acceptors (Lipinski definition) is 5. The summed E-state index contributed by atoms with van der Waals surface area (Å²) in [4.78, 5) is 10.5. The Bertz CT molecular complexity index is 721. The van der Waals surface area contributed by atoms with Gasteiger partial charge in [-0.1, -0.05) is 23.5 Å². The van der Waals surface area contributed by atoms with Gasteiger partial charge in [0.05, 0.1) is 11.0 Å². The molecule has 1 aromatic carbocycles. The molecule has 0 spiro atoms. The summed E-state index contributed by atoms with van der Waals surface area (Å²) in [5.74, 6) is 1.65. The minimum atomic E-state index is 0.516. The minimum absolute atomic E-state index is 0.516. The van der Waals surface area contributed by atoms with Crippen molar-refractivity contribution in [2.75, 3.05) is 18.0 Å². The molecule has 1 saturated heterocycles. The van der Waals surface area contributed by atoms with Crippen LogP contribution < -0.4 is 4.90 Å². The number of imidazole rings is 1. The molecule has 0 radical (unpaired) electrons. The Morgan fingerprint density at radius 2 is 2.00 bits per heavy atom. The van der Waals surface area contributed by atoms with Crippen molar-refractivity contribution in [3.8, 4) is 0 Å². The first-order valence-electron chi connectivity index (χ1n) is 7.29. The van der Waals surface area contributed by atoms with Crippen LogP contribution in [0.5, 0.6) is 0 Å². The number of piperidine rings is 1. The van der Waals surface area contributed by atoms with Gasteiger partial charge in [-0.15, -0.1) is 10.2 Å². The molecule has 0 aliphatic carbocycles. The van der Waals surface area contributed by atoms with E-state index in [1.165, 1.54) is 0 Å². The number of nitrogens with zero attached hydrogens (tertiary/aromatic N) is 4. The molecular weight excluding hydrogens is 282 g/mol. The zero-order valence-corrected chi connectivity index (χ0v) is 12.7. The molecule has 5 nitrogen and oxygen atoms in total. The zero-order chi connectivity index (χ0) is 14.2. The minimum Gasteiger partial charge on any atom is -0.347 e. The smallest absolute Gasteiger partial charge is 0.208 e. The topological polar surface area (TPSA) is 57.7 Å². The van der Waals surface area contributed by atoms with Gasteiger partial charge in [-0.2, -0.15) is 0 Å². The van der Waals surface area contributed by atoms with E-state index in [9.17, 15) is 0 Å². The van der Waals surface area contributed by atoms with Gasteiger partial charge in [0, 0.05) is 19.0 Å². The third kappa shape index (κ3) is 2.40. The molecule has 0 unspecified atom stereocenters. The van der Waals surface area contributed by atoms with Crippen LogP contribution in [0.25, 0.3) is 11.0 Å². The van der Waals surface area contributed by atoms with Crippen LogP contribution >= 0.6 is 11.3 Å². The van der Waals surface area contributed by atoms with Crippen molar-refractivity contribution < 1.29 is 0 Å². The average molecular weight is 299 g/mol. The Morgan fingerprint density at radius 1 is 1.19 bits per heavy atom. The van der Waals surface area contributed by atoms with Crippen LogP contribution in [0, 0.1) is 6.92 Å². The van der Waals surface area contributed by atoms with E-state index in [0.717, 1.165) is 52.9 Å². The highest BCUT2D eigenvalue weighted by Crippen LogP contribution is 2.31. The van der Waals surface area contributed by atoms with E-state index in [4.69, 9.17) is 4.98 Å². The Labute approximate surface area is 127 Å². The lowest BCUT2D eigenvalue weighted by Gasteiger charge is -2.30. The van der Waals surface area contributed by atoms with Crippen molar-refractivity contribution >= 4 is 27.5 Å². The maximum Gasteiger partial charge on any atom is 0.208 e. The van der Waals surface area contributed by atoms with Gasteiger partial charge >= 0.3 is 0 Å². The van der Waals surface area contributed by atoms with Gasteiger partial charge in [0.15, 0.2) is 0 Å². The summed E-state index contributed by atoms with van der Waals surface area (Å²) < 4.78 is 0. The lowest BCUT2D eigenvalue weighted by atomic mass is 9.96. The molecule has 21 heavy (non-hydrogen) atoms. The second kappa shape index (κ2) is 5.11. The number of para-hydroxylation sites is 2. The third-order valence-corrected chi connectivity index (χ3v) is 4.97. The molecule has 4 rings (SSSR count). The standard InChI is InChI=1S/C15H17N5S/c1-10-18-19-15(21-10)20-8-6-11(7-9-20)14-16-12-4-2-3-5-13(12)17-14/h2-5,11H,6-9H2,1H3,(H,16,17). The number of anilines is 1. The molecule has 108 valence electrons. The Hall–Kier alpha value is -1.95. The van der Waals surface area contributed by atoms with Gasteiger partial charge in [-0.3, -0.25) is 0 Å². The van der Waals surface area contributed by atoms with Crippen molar-refractivity contribution in [1.29, 1.82) is 0 Å². The second-order valence-electron chi connectivity index (χ2n) is 5.50. The highest BCUT2D eigenvalue weighted by molar-refractivity contribution is 7.15. The van der Waals surface area contributed by atoms with Gasteiger partial charge in [0.2, 0.25) is 5.13 Å². The largest absolute Gasteiger partial charge is 0.347 e. The number of aromatic amines is 1. The van der Waals surface area contributed by atoms with Gasteiger partial charge in [0.25, 0.3) is 0 Å². The molecule has 0 saturated carbocycles. The lowest BCUT2D eigenvalue weighted by Crippen LogP contribution is -2.33. The van der Waals surface area contributed by atoms with Crippen LogP contribution in [0.2, 0.25) is 0 Å². The Morgan fingerprint density at radius 3 is 2.71 bits per heavy atom. The summed E-state index contributed by atoms with van der Waals surface area (Å²) in [7, 11) is 0. The van der Waals surface area contributed by atoms with Crippen LogP contribution in [0.3, 0.4) is 0 Å². The number of aryl methyl sites for hydroxylation is 1. The van der Waals surface area contributed by atoms with Crippen LogP contribution in [0.1, 0.15) is 29.6 Å². The lowest BCUT2D eigenvalue weighted by molar-refractivity contribution is 0.488. The van der Waals surface area contributed by atoms with Crippen LogP contribution in [-0.2, 0) is 0 Å². The number of nitrogens with one attached hydrogen (secondary N) is 1. The fourth-order valence-electron chi connectivity index (χ4n) is 2.92. The fraction of sp³-hybridized carbons (Fsp3) is 0.400. The zero-order valence-electron chi connectivity index (χ0n) is 11.9. The Kier molecular flexibility index (Phi) is 3.11. The van der Waals surface area contributed by atoms with Crippen molar-refractivity contribution in [2.24, 2.45) is 0 Å². The van der Waals surface area contributed by atoms with Crippen molar-refractivity contribution in [3.05, 3.63) is 35.1 Å². The monoisotopic (exact) mass is 299 g/mol. The van der Waals surface area contributed by atoms with Crippen LogP contribution in [0.15, 0.2) is 24.3 Å². The summed E-state index contributed by atoms with van der Waals surface area (Å²) in [5, 5.41) is 10.4.